The van der Waals surface area contributed by atoms with Gasteiger partial charge in [-0.15, -0.1) is 0 Å². The Kier molecular flexibility index (Phi) is 8.97. The maximum atomic E-state index is 13.8. The summed E-state index contributed by atoms with van der Waals surface area (Å²) in [4.78, 5) is 17.4. The van der Waals surface area contributed by atoms with Crippen molar-refractivity contribution < 1.29 is 27.4 Å². The van der Waals surface area contributed by atoms with E-state index in [0.717, 1.165) is 74.2 Å². The number of nitrogens with one attached hydrogen (secondary N) is 1. The smallest absolute Gasteiger partial charge is 0.265 e. The molecule has 3 aromatic rings. The number of aryl methyl sites for hydroxylation is 2. The minimum absolute atomic E-state index is 0.0142. The number of ether oxygens (including phenoxy) is 3. The lowest BCUT2D eigenvalue weighted by molar-refractivity contribution is -0.0846. The van der Waals surface area contributed by atoms with Crippen molar-refractivity contribution in [3.05, 3.63) is 77.4 Å². The largest absolute Gasteiger partial charge is 0.495 e. The van der Waals surface area contributed by atoms with E-state index >= 15 is 0 Å². The summed E-state index contributed by atoms with van der Waals surface area (Å²) in [5, 5.41) is 0. The molecule has 1 amide bonds. The average Bonchev–Trinajstić information content (AvgIpc) is 3.49. The molecule has 3 fully saturated rings. The number of likely N-dealkylation sites (tertiary alicyclic amines) is 1. The van der Waals surface area contributed by atoms with Crippen LogP contribution in [0.15, 0.2) is 65.6 Å². The van der Waals surface area contributed by atoms with Crippen molar-refractivity contribution in [2.75, 3.05) is 49.5 Å². The third kappa shape index (κ3) is 6.77. The molecule has 0 bridgehead atoms. The molecule has 2 atom stereocenters. The first-order chi connectivity index (χ1) is 21.7. The first kappa shape index (κ1) is 31.2. The highest BCUT2D eigenvalue weighted by Gasteiger charge is 2.38. The predicted octanol–water partition coefficient (Wildman–Crippen LogP) is 5.95. The van der Waals surface area contributed by atoms with Crippen LogP contribution >= 0.6 is 0 Å². The molecular weight excluding hydrogens is 590 g/mol. The Hall–Kier alpha value is -3.76. The molecule has 0 saturated carbocycles. The fraction of sp³-hybridized carbons (Fsp3) is 0.457. The van der Waals surface area contributed by atoms with E-state index in [9.17, 15) is 13.2 Å². The molecule has 45 heavy (non-hydrogen) atoms. The van der Waals surface area contributed by atoms with Crippen LogP contribution in [0.4, 0.5) is 11.4 Å². The molecule has 1 unspecified atom stereocenters. The summed E-state index contributed by atoms with van der Waals surface area (Å²) in [5.74, 6) is 0.827. The Morgan fingerprint density at radius 2 is 1.76 bits per heavy atom. The number of nitrogens with zero attached hydrogens (tertiary/aromatic N) is 2. The Balaban J connectivity index is 1.14. The molecule has 3 heterocycles. The van der Waals surface area contributed by atoms with Gasteiger partial charge < -0.3 is 24.0 Å². The van der Waals surface area contributed by atoms with Crippen LogP contribution in [0.3, 0.4) is 0 Å². The van der Waals surface area contributed by atoms with Crippen LogP contribution in [0, 0.1) is 13.8 Å². The first-order valence-corrected chi connectivity index (χ1v) is 17.4. The van der Waals surface area contributed by atoms with Crippen molar-refractivity contribution in [3.63, 3.8) is 0 Å². The summed E-state index contributed by atoms with van der Waals surface area (Å²) in [6.07, 6.45) is 5.82. The zero-order valence-corrected chi connectivity index (χ0v) is 27.2. The number of benzene rings is 3. The third-order valence-electron chi connectivity index (χ3n) is 9.29. The van der Waals surface area contributed by atoms with Gasteiger partial charge in [0.2, 0.25) is 0 Å². The number of amides is 1. The minimum atomic E-state index is -3.99. The number of rotatable bonds is 8. The molecule has 3 aromatic carbocycles. The summed E-state index contributed by atoms with van der Waals surface area (Å²) in [6.45, 7) is 7.36. The Morgan fingerprint density at radius 1 is 0.978 bits per heavy atom. The van der Waals surface area contributed by atoms with Crippen molar-refractivity contribution in [1.82, 2.24) is 4.90 Å². The Labute approximate surface area is 266 Å². The second-order valence-electron chi connectivity index (χ2n) is 12.5. The van der Waals surface area contributed by atoms with Crippen LogP contribution in [0.1, 0.15) is 60.0 Å². The van der Waals surface area contributed by atoms with Crippen molar-refractivity contribution in [1.29, 1.82) is 0 Å². The van der Waals surface area contributed by atoms with Gasteiger partial charge in [-0.25, -0.2) is 8.42 Å². The van der Waals surface area contributed by atoms with Crippen LogP contribution in [0.25, 0.3) is 0 Å². The highest BCUT2D eigenvalue weighted by molar-refractivity contribution is 7.92. The van der Waals surface area contributed by atoms with Gasteiger partial charge in [0.15, 0.2) is 0 Å². The van der Waals surface area contributed by atoms with E-state index in [1.165, 1.54) is 7.11 Å². The number of hydrogen-bond donors (Lipinski definition) is 1. The molecule has 240 valence electrons. The number of anilines is 2. The predicted molar refractivity (Wildman–Crippen MR) is 175 cm³/mol. The number of sulfonamides is 1. The van der Waals surface area contributed by atoms with Gasteiger partial charge in [0.25, 0.3) is 15.9 Å². The lowest BCUT2D eigenvalue weighted by Gasteiger charge is -2.45. The molecule has 0 radical (unpaired) electrons. The molecule has 6 rings (SSSR count). The zero-order valence-electron chi connectivity index (χ0n) is 26.4. The average molecular weight is 634 g/mol. The van der Waals surface area contributed by atoms with Gasteiger partial charge in [-0.05, 0) is 87.4 Å². The molecule has 3 aliphatic heterocycles. The van der Waals surface area contributed by atoms with E-state index in [4.69, 9.17) is 14.2 Å². The molecule has 1 N–H and O–H groups in total. The molecule has 0 aromatic heterocycles. The SMILES string of the molecule is COc1ccc(N2CCCC3(CCCCO3)C2)cc1S(=O)(=O)Nc1cccc(O[C@H]2CCN(C(=O)c3c(C)cccc3C)C2)c1. The topological polar surface area (TPSA) is 97.4 Å². The van der Waals surface area contributed by atoms with E-state index in [0.29, 0.717) is 30.9 Å². The molecular formula is C35H43N3O6S. The highest BCUT2D eigenvalue weighted by Crippen LogP contribution is 2.38. The van der Waals surface area contributed by atoms with Crippen LogP contribution in [-0.4, -0.2) is 70.8 Å². The van der Waals surface area contributed by atoms with E-state index in [1.807, 2.05) is 43.0 Å². The molecule has 10 heteroatoms. The van der Waals surface area contributed by atoms with Gasteiger partial charge >= 0.3 is 0 Å². The van der Waals surface area contributed by atoms with Gasteiger partial charge in [0.1, 0.15) is 22.5 Å². The quantitative estimate of drug-likeness (QED) is 0.328. The van der Waals surface area contributed by atoms with Crippen LogP contribution in [-0.2, 0) is 14.8 Å². The van der Waals surface area contributed by atoms with E-state index < -0.39 is 10.0 Å². The van der Waals surface area contributed by atoms with E-state index in [1.54, 1.807) is 36.4 Å². The molecule has 3 saturated heterocycles. The summed E-state index contributed by atoms with van der Waals surface area (Å²) in [7, 11) is -2.52. The lowest BCUT2D eigenvalue weighted by Crippen LogP contribution is -2.51. The first-order valence-electron chi connectivity index (χ1n) is 15.9. The number of piperidine rings is 1. The highest BCUT2D eigenvalue weighted by atomic mass is 32.2. The molecule has 1 spiro atoms. The van der Waals surface area contributed by atoms with Gasteiger partial charge in [-0.2, -0.15) is 0 Å². The lowest BCUT2D eigenvalue weighted by atomic mass is 9.85. The van der Waals surface area contributed by atoms with Gasteiger partial charge in [-0.3, -0.25) is 9.52 Å². The van der Waals surface area contributed by atoms with E-state index in [-0.39, 0.29) is 28.3 Å². The number of hydrogen-bond acceptors (Lipinski definition) is 7. The second kappa shape index (κ2) is 12.9. The fourth-order valence-corrected chi connectivity index (χ4v) is 8.22. The van der Waals surface area contributed by atoms with Crippen molar-refractivity contribution in [3.8, 4) is 11.5 Å². The molecule has 3 aliphatic rings. The van der Waals surface area contributed by atoms with Crippen molar-refractivity contribution >= 4 is 27.3 Å². The standard InChI is InChI=1S/C35H43N3O6S/c1-25-9-6-10-26(2)33(25)34(39)37-19-15-30(23-37)44-29-12-7-11-27(21-29)36-45(40,41)32-22-28(13-14-31(32)42-3)38-18-8-17-35(24-38)16-4-5-20-43-35/h6-7,9-14,21-22,30,36H,4-5,8,15-20,23-24H2,1-3H3/t30-,35?/m0/s1. The maximum Gasteiger partial charge on any atom is 0.265 e. The van der Waals surface area contributed by atoms with Crippen molar-refractivity contribution in [2.24, 2.45) is 0 Å². The third-order valence-corrected chi connectivity index (χ3v) is 10.7. The minimum Gasteiger partial charge on any atom is -0.495 e. The fourth-order valence-electron chi connectivity index (χ4n) is 6.98. The Morgan fingerprint density at radius 3 is 2.51 bits per heavy atom. The maximum absolute atomic E-state index is 13.8. The summed E-state index contributed by atoms with van der Waals surface area (Å²) < 4.78 is 48.2. The van der Waals surface area contributed by atoms with Gasteiger partial charge in [0.05, 0.1) is 24.9 Å². The van der Waals surface area contributed by atoms with Crippen molar-refractivity contribution in [2.45, 2.75) is 69.0 Å². The van der Waals surface area contributed by atoms with Crippen LogP contribution < -0.4 is 19.1 Å². The van der Waals surface area contributed by atoms with Crippen LogP contribution in [0.5, 0.6) is 11.5 Å². The number of carbonyl (C=O) groups excluding carboxylic acids is 1. The van der Waals surface area contributed by atoms with Gasteiger partial charge in [-0.1, -0.05) is 24.3 Å². The zero-order chi connectivity index (χ0) is 31.6. The summed E-state index contributed by atoms with van der Waals surface area (Å²) in [5.41, 5.74) is 3.74. The number of methoxy groups -OCH3 is 1. The summed E-state index contributed by atoms with van der Waals surface area (Å²) >= 11 is 0. The summed E-state index contributed by atoms with van der Waals surface area (Å²) in [6, 6.07) is 18.1. The monoisotopic (exact) mass is 633 g/mol. The molecule has 9 nitrogen and oxygen atoms in total. The molecule has 0 aliphatic carbocycles. The van der Waals surface area contributed by atoms with Crippen LogP contribution in [0.2, 0.25) is 0 Å². The second-order valence-corrected chi connectivity index (χ2v) is 14.2. The Bertz CT molecular complexity index is 1630. The van der Waals surface area contributed by atoms with E-state index in [2.05, 4.69) is 9.62 Å². The normalized spacial score (nSPS) is 22.0. The number of carbonyl (C=O) groups is 1. The van der Waals surface area contributed by atoms with Gasteiger partial charge in [0, 0.05) is 50.0 Å².